The Morgan fingerprint density at radius 1 is 1.12 bits per heavy atom. The quantitative estimate of drug-likeness (QED) is 0.371. The van der Waals surface area contributed by atoms with Crippen molar-refractivity contribution in [3.8, 4) is 11.1 Å². The van der Waals surface area contributed by atoms with E-state index in [1.54, 1.807) is 36.0 Å². The van der Waals surface area contributed by atoms with Crippen LogP contribution >= 0.6 is 23.4 Å². The second-order valence-corrected chi connectivity index (χ2v) is 10.4. The van der Waals surface area contributed by atoms with E-state index in [1.807, 2.05) is 12.1 Å². The lowest BCUT2D eigenvalue weighted by atomic mass is 10.1. The van der Waals surface area contributed by atoms with Crippen molar-refractivity contribution >= 4 is 45.3 Å². The van der Waals surface area contributed by atoms with Gasteiger partial charge in [0.05, 0.1) is 10.9 Å². The second-order valence-electron chi connectivity index (χ2n) is 7.25. The van der Waals surface area contributed by atoms with E-state index in [2.05, 4.69) is 15.4 Å². The molecule has 2 atom stereocenters. The number of carbonyl (C=O) groups excluding carboxylic acids is 1. The molecule has 0 bridgehead atoms. The average Bonchev–Trinajstić information content (AvgIpc) is 3.31. The molecule has 1 aliphatic heterocycles. The van der Waals surface area contributed by atoms with Gasteiger partial charge < -0.3 is 10.4 Å². The van der Waals surface area contributed by atoms with Crippen molar-refractivity contribution in [2.45, 2.75) is 29.8 Å². The summed E-state index contributed by atoms with van der Waals surface area (Å²) in [6.45, 7) is 0.267. The Hall–Kier alpha value is -2.11. The summed E-state index contributed by atoms with van der Waals surface area (Å²) in [5, 5.41) is 15.8. The molecule has 1 unspecified atom stereocenters. The van der Waals surface area contributed by atoms with Crippen molar-refractivity contribution in [1.82, 2.24) is 15.4 Å². The lowest BCUT2D eigenvalue weighted by molar-refractivity contribution is -0.139. The molecule has 3 rings (SSSR count). The van der Waals surface area contributed by atoms with Gasteiger partial charge in [-0.05, 0) is 48.2 Å². The van der Waals surface area contributed by atoms with E-state index in [1.165, 1.54) is 12.1 Å². The zero-order valence-corrected chi connectivity index (χ0v) is 19.5. The molecule has 0 aliphatic carbocycles. The summed E-state index contributed by atoms with van der Waals surface area (Å²) in [7, 11) is -4.03. The number of aliphatic carboxylic acids is 1. The summed E-state index contributed by atoms with van der Waals surface area (Å²) in [5.74, 6) is 0.0109. The van der Waals surface area contributed by atoms with Crippen LogP contribution in [0.1, 0.15) is 12.8 Å². The number of benzene rings is 2. The molecule has 1 fully saturated rings. The summed E-state index contributed by atoms with van der Waals surface area (Å²) in [4.78, 5) is 23.5. The third-order valence-electron chi connectivity index (χ3n) is 4.94. The molecule has 32 heavy (non-hydrogen) atoms. The number of carbonyl (C=O) groups is 2. The molecular weight excluding hydrogens is 474 g/mol. The fourth-order valence-electron chi connectivity index (χ4n) is 3.16. The molecule has 2 aromatic carbocycles. The molecule has 0 aromatic heterocycles. The number of halogens is 1. The summed E-state index contributed by atoms with van der Waals surface area (Å²) >= 11 is 7.52. The van der Waals surface area contributed by atoms with E-state index in [4.69, 9.17) is 11.6 Å². The Balaban J connectivity index is 1.56. The lowest BCUT2D eigenvalue weighted by Gasteiger charge is -2.16. The van der Waals surface area contributed by atoms with Crippen molar-refractivity contribution in [2.24, 2.45) is 0 Å². The number of carboxylic acids is 1. The summed E-state index contributed by atoms with van der Waals surface area (Å²) < 4.78 is 27.6. The van der Waals surface area contributed by atoms with Crippen LogP contribution in [0.25, 0.3) is 11.1 Å². The maximum absolute atomic E-state index is 12.7. The van der Waals surface area contributed by atoms with Gasteiger partial charge >= 0.3 is 5.97 Å². The van der Waals surface area contributed by atoms with E-state index in [-0.39, 0.29) is 29.8 Å². The molecule has 4 N–H and O–H groups in total. The number of hydrogen-bond donors (Lipinski definition) is 4. The van der Waals surface area contributed by atoms with E-state index in [0.717, 1.165) is 17.0 Å². The standard InChI is InChI=1S/C21H24ClN3O5S2/c22-16-7-3-14(4-8-16)15-5-9-17(10-6-15)32(29,30)25-18(21(27)28)2-1-11-23-20(26)19-12-31-13-24-19/h3-10,18-19,24-25H,1-2,11-13H2,(H,23,26)(H,27,28)/t18-,19?/m0/s1. The molecule has 0 spiro atoms. The fraction of sp³-hybridized carbons (Fsp3) is 0.333. The number of carboxylic acid groups (broad SMARTS) is 1. The lowest BCUT2D eigenvalue weighted by Crippen LogP contribution is -2.43. The second kappa shape index (κ2) is 11.2. The Labute approximate surface area is 196 Å². The monoisotopic (exact) mass is 497 g/mol. The van der Waals surface area contributed by atoms with Crippen LogP contribution in [0.4, 0.5) is 0 Å². The molecule has 2 aromatic rings. The van der Waals surface area contributed by atoms with Gasteiger partial charge in [0.1, 0.15) is 6.04 Å². The first-order valence-corrected chi connectivity index (χ1v) is 13.0. The summed E-state index contributed by atoms with van der Waals surface area (Å²) in [6, 6.07) is 11.7. The topological polar surface area (TPSA) is 125 Å². The zero-order chi connectivity index (χ0) is 23.1. The van der Waals surface area contributed by atoms with Crippen molar-refractivity contribution in [1.29, 1.82) is 0 Å². The van der Waals surface area contributed by atoms with Gasteiger partial charge in [0, 0.05) is 23.2 Å². The van der Waals surface area contributed by atoms with Crippen LogP contribution in [0, 0.1) is 0 Å². The predicted octanol–water partition coefficient (Wildman–Crippen LogP) is 2.30. The number of thioether (sulfide) groups is 1. The molecule has 0 radical (unpaired) electrons. The maximum Gasteiger partial charge on any atom is 0.321 e. The number of amides is 1. The third kappa shape index (κ3) is 6.69. The number of hydrogen-bond acceptors (Lipinski definition) is 6. The normalized spacial score (nSPS) is 17.1. The molecule has 1 heterocycles. The largest absolute Gasteiger partial charge is 0.480 e. The fourth-order valence-corrected chi connectivity index (χ4v) is 5.45. The molecule has 0 saturated carbocycles. The highest BCUT2D eigenvalue weighted by atomic mass is 35.5. The van der Waals surface area contributed by atoms with Gasteiger partial charge in [-0.15, -0.1) is 11.8 Å². The summed E-state index contributed by atoms with van der Waals surface area (Å²) in [6.07, 6.45) is 0.366. The van der Waals surface area contributed by atoms with Crippen molar-refractivity contribution in [2.75, 3.05) is 18.2 Å². The molecular formula is C21H24ClN3O5S2. The van der Waals surface area contributed by atoms with Crippen LogP contribution in [-0.4, -0.2) is 55.7 Å². The Morgan fingerprint density at radius 2 is 1.75 bits per heavy atom. The highest BCUT2D eigenvalue weighted by molar-refractivity contribution is 7.99. The molecule has 11 heteroatoms. The van der Waals surface area contributed by atoms with E-state index < -0.39 is 22.0 Å². The molecule has 1 amide bonds. The number of sulfonamides is 1. The van der Waals surface area contributed by atoms with Crippen molar-refractivity contribution in [3.05, 3.63) is 53.6 Å². The number of nitrogens with one attached hydrogen (secondary N) is 3. The minimum absolute atomic E-state index is 0.0282. The first-order valence-electron chi connectivity index (χ1n) is 9.96. The molecule has 8 nitrogen and oxygen atoms in total. The van der Waals surface area contributed by atoms with Gasteiger partial charge in [0.15, 0.2) is 0 Å². The number of rotatable bonds is 10. The zero-order valence-electron chi connectivity index (χ0n) is 17.1. The van der Waals surface area contributed by atoms with Crippen LogP contribution in [0.15, 0.2) is 53.4 Å². The predicted molar refractivity (Wildman–Crippen MR) is 125 cm³/mol. The minimum atomic E-state index is -4.03. The van der Waals surface area contributed by atoms with Crippen LogP contribution in [0.3, 0.4) is 0 Å². The van der Waals surface area contributed by atoms with Crippen LogP contribution in [-0.2, 0) is 19.6 Å². The van der Waals surface area contributed by atoms with E-state index >= 15 is 0 Å². The van der Waals surface area contributed by atoms with Gasteiger partial charge in [0.25, 0.3) is 0 Å². The van der Waals surface area contributed by atoms with Crippen LogP contribution in [0.2, 0.25) is 5.02 Å². The van der Waals surface area contributed by atoms with E-state index in [0.29, 0.717) is 17.2 Å². The molecule has 1 saturated heterocycles. The van der Waals surface area contributed by atoms with Gasteiger partial charge in [-0.3, -0.25) is 14.9 Å². The van der Waals surface area contributed by atoms with Crippen LogP contribution < -0.4 is 15.4 Å². The first kappa shape index (κ1) is 24.5. The van der Waals surface area contributed by atoms with Gasteiger partial charge in [0.2, 0.25) is 15.9 Å². The van der Waals surface area contributed by atoms with Gasteiger partial charge in [-0.25, -0.2) is 8.42 Å². The Bertz CT molecular complexity index is 1040. The SMILES string of the molecule is O=C(NCCC[C@H](NS(=O)(=O)c1ccc(-c2ccc(Cl)cc2)cc1)C(=O)O)C1CSCN1. The highest BCUT2D eigenvalue weighted by Gasteiger charge is 2.26. The molecule has 1 aliphatic rings. The van der Waals surface area contributed by atoms with Crippen molar-refractivity contribution in [3.63, 3.8) is 0 Å². The Kier molecular flexibility index (Phi) is 8.55. The smallest absolute Gasteiger partial charge is 0.321 e. The van der Waals surface area contributed by atoms with E-state index in [9.17, 15) is 23.1 Å². The maximum atomic E-state index is 12.7. The Morgan fingerprint density at radius 3 is 2.31 bits per heavy atom. The minimum Gasteiger partial charge on any atom is -0.480 e. The van der Waals surface area contributed by atoms with Crippen LogP contribution in [0.5, 0.6) is 0 Å². The first-order chi connectivity index (χ1) is 15.3. The third-order valence-corrected chi connectivity index (χ3v) is 7.62. The molecule has 172 valence electrons. The van der Waals surface area contributed by atoms with Crippen molar-refractivity contribution < 1.29 is 23.1 Å². The highest BCUT2D eigenvalue weighted by Crippen LogP contribution is 2.23. The van der Waals surface area contributed by atoms with Gasteiger partial charge in [-0.1, -0.05) is 35.9 Å². The average molecular weight is 498 g/mol. The van der Waals surface area contributed by atoms with Gasteiger partial charge in [-0.2, -0.15) is 4.72 Å². The summed E-state index contributed by atoms with van der Waals surface area (Å²) in [5.41, 5.74) is 1.68.